The molecule has 3 nitrogen and oxygen atoms in total. The van der Waals surface area contributed by atoms with Crippen LogP contribution in [0.3, 0.4) is 0 Å². The van der Waals surface area contributed by atoms with Gasteiger partial charge in [0.2, 0.25) is 0 Å². The lowest BCUT2D eigenvalue weighted by Crippen LogP contribution is -2.10. The zero-order chi connectivity index (χ0) is 14.8. The number of benzene rings is 1. The second-order valence-electron chi connectivity index (χ2n) is 4.27. The number of ether oxygens (including phenoxy) is 1. The lowest BCUT2D eigenvalue weighted by atomic mass is 10.2. The molecule has 1 aromatic carbocycles. The lowest BCUT2D eigenvalue weighted by Gasteiger charge is -2.12. The molecule has 1 heterocycles. The van der Waals surface area contributed by atoms with Crippen LogP contribution in [-0.4, -0.2) is 17.8 Å². The molecule has 0 saturated heterocycles. The Hall–Kier alpha value is -1.50. The van der Waals surface area contributed by atoms with Gasteiger partial charge in [-0.3, -0.25) is 4.98 Å². The molecule has 0 radical (unpaired) electrons. The van der Waals surface area contributed by atoms with Crippen LogP contribution in [0.4, 0.5) is 18.9 Å². The van der Waals surface area contributed by atoms with Crippen LogP contribution in [0.5, 0.6) is 5.75 Å². The summed E-state index contributed by atoms with van der Waals surface area (Å²) >= 11 is 3.33. The third-order valence-corrected chi connectivity index (χ3v) is 3.15. The van der Waals surface area contributed by atoms with Crippen molar-refractivity contribution in [3.63, 3.8) is 0 Å². The number of halogens is 4. The molecule has 2 aromatic rings. The van der Waals surface area contributed by atoms with Gasteiger partial charge < -0.3 is 10.5 Å². The number of anilines is 1. The van der Waals surface area contributed by atoms with E-state index in [0.29, 0.717) is 22.3 Å². The van der Waals surface area contributed by atoms with E-state index >= 15 is 0 Å². The second kappa shape index (κ2) is 5.87. The Morgan fingerprint density at radius 3 is 2.75 bits per heavy atom. The number of hydrogen-bond donors (Lipinski definition) is 1. The number of nitrogen functional groups attached to an aromatic ring is 1. The summed E-state index contributed by atoms with van der Waals surface area (Å²) in [6.07, 6.45) is -3.71. The van der Waals surface area contributed by atoms with Crippen LogP contribution >= 0.6 is 15.9 Å². The van der Waals surface area contributed by atoms with Crippen LogP contribution in [0.2, 0.25) is 0 Å². The molecule has 20 heavy (non-hydrogen) atoms. The Bertz CT molecular complexity index is 611. The van der Waals surface area contributed by atoms with Crippen LogP contribution in [-0.2, 0) is 0 Å². The third kappa shape index (κ3) is 3.75. The van der Waals surface area contributed by atoms with Crippen LogP contribution in [0.15, 0.2) is 28.9 Å². The first-order chi connectivity index (χ1) is 9.37. The van der Waals surface area contributed by atoms with E-state index in [1.807, 2.05) is 6.07 Å². The fraction of sp³-hybridized carbons (Fsp3) is 0.308. The van der Waals surface area contributed by atoms with E-state index in [-0.39, 0.29) is 13.0 Å². The molecule has 0 spiro atoms. The second-order valence-corrected chi connectivity index (χ2v) is 5.19. The maximum Gasteiger partial charge on any atom is 0.389 e. The minimum atomic E-state index is -4.17. The molecule has 0 aliphatic carbocycles. The van der Waals surface area contributed by atoms with Crippen molar-refractivity contribution in [1.29, 1.82) is 0 Å². The number of fused-ring (bicyclic) bond motifs is 1. The molecular weight excluding hydrogens is 337 g/mol. The smallest absolute Gasteiger partial charge is 0.389 e. The fourth-order valence-electron chi connectivity index (χ4n) is 1.76. The maximum atomic E-state index is 12.1. The first-order valence-electron chi connectivity index (χ1n) is 5.90. The van der Waals surface area contributed by atoms with Gasteiger partial charge in [-0.1, -0.05) is 15.9 Å². The van der Waals surface area contributed by atoms with E-state index in [1.165, 1.54) is 6.20 Å². The highest BCUT2D eigenvalue weighted by Crippen LogP contribution is 2.32. The average molecular weight is 349 g/mol. The Morgan fingerprint density at radius 1 is 1.30 bits per heavy atom. The van der Waals surface area contributed by atoms with Gasteiger partial charge in [0, 0.05) is 16.3 Å². The summed E-state index contributed by atoms with van der Waals surface area (Å²) in [6, 6.07) is 5.37. The van der Waals surface area contributed by atoms with Crippen LogP contribution < -0.4 is 10.5 Å². The molecule has 0 atom stereocenters. The molecular formula is C13H12BrF3N2O. The van der Waals surface area contributed by atoms with E-state index < -0.39 is 12.6 Å². The van der Waals surface area contributed by atoms with Crippen molar-refractivity contribution in [3.05, 3.63) is 28.9 Å². The predicted octanol–water partition coefficient (Wildman–Crippen LogP) is 4.30. The van der Waals surface area contributed by atoms with Crippen LogP contribution in [0.25, 0.3) is 10.9 Å². The minimum absolute atomic E-state index is 0.0463. The highest BCUT2D eigenvalue weighted by atomic mass is 79.9. The molecule has 0 aliphatic rings. The standard InChI is InChI=1S/C13H12BrF3N2O/c14-8-2-3-11-9(6-8)12(10(18)7-19-11)20-5-1-4-13(15,16)17/h2-3,6-7H,1,4-5,18H2. The summed E-state index contributed by atoms with van der Waals surface area (Å²) in [6.45, 7) is -0.0463. The molecule has 0 unspecified atom stereocenters. The van der Waals surface area contributed by atoms with Gasteiger partial charge in [-0.2, -0.15) is 13.2 Å². The Kier molecular flexibility index (Phi) is 4.37. The van der Waals surface area contributed by atoms with Crippen molar-refractivity contribution in [2.45, 2.75) is 19.0 Å². The van der Waals surface area contributed by atoms with Crippen LogP contribution in [0, 0.1) is 0 Å². The molecule has 2 N–H and O–H groups in total. The first-order valence-corrected chi connectivity index (χ1v) is 6.69. The number of aromatic nitrogens is 1. The van der Waals surface area contributed by atoms with Gasteiger partial charge in [0.05, 0.1) is 24.0 Å². The Morgan fingerprint density at radius 2 is 2.05 bits per heavy atom. The van der Waals surface area contributed by atoms with Gasteiger partial charge in [-0.25, -0.2) is 0 Å². The van der Waals surface area contributed by atoms with E-state index in [2.05, 4.69) is 20.9 Å². The van der Waals surface area contributed by atoms with Crippen molar-refractivity contribution in [1.82, 2.24) is 4.98 Å². The quantitative estimate of drug-likeness (QED) is 0.838. The molecule has 1 aromatic heterocycles. The van der Waals surface area contributed by atoms with Crippen molar-refractivity contribution < 1.29 is 17.9 Å². The molecule has 0 aliphatic heterocycles. The third-order valence-electron chi connectivity index (χ3n) is 2.66. The van der Waals surface area contributed by atoms with Gasteiger partial charge >= 0.3 is 6.18 Å². The fourth-order valence-corrected chi connectivity index (χ4v) is 2.12. The Labute approximate surface area is 122 Å². The van der Waals surface area contributed by atoms with Gasteiger partial charge in [0.15, 0.2) is 5.75 Å². The summed E-state index contributed by atoms with van der Waals surface area (Å²) < 4.78 is 42.4. The number of alkyl halides is 3. The monoisotopic (exact) mass is 348 g/mol. The number of rotatable bonds is 4. The summed E-state index contributed by atoms with van der Waals surface area (Å²) in [7, 11) is 0. The van der Waals surface area contributed by atoms with E-state index in [9.17, 15) is 13.2 Å². The summed E-state index contributed by atoms with van der Waals surface area (Å²) in [5.41, 5.74) is 6.76. The highest BCUT2D eigenvalue weighted by Gasteiger charge is 2.26. The molecule has 0 bridgehead atoms. The van der Waals surface area contributed by atoms with E-state index in [0.717, 1.165) is 4.47 Å². The maximum absolute atomic E-state index is 12.1. The van der Waals surface area contributed by atoms with Gasteiger partial charge in [0.1, 0.15) is 0 Å². The van der Waals surface area contributed by atoms with Gasteiger partial charge in [0.25, 0.3) is 0 Å². The van der Waals surface area contributed by atoms with Gasteiger partial charge in [-0.15, -0.1) is 0 Å². The van der Waals surface area contributed by atoms with Crippen LogP contribution in [0.1, 0.15) is 12.8 Å². The summed E-state index contributed by atoms with van der Waals surface area (Å²) in [5.74, 6) is 0.374. The van der Waals surface area contributed by atoms with E-state index in [1.54, 1.807) is 12.1 Å². The number of nitrogens with two attached hydrogens (primary N) is 1. The predicted molar refractivity (Wildman–Crippen MR) is 74.6 cm³/mol. The minimum Gasteiger partial charge on any atom is -0.491 e. The topological polar surface area (TPSA) is 48.1 Å². The van der Waals surface area contributed by atoms with Crippen molar-refractivity contribution in [2.75, 3.05) is 12.3 Å². The molecule has 0 saturated carbocycles. The first kappa shape index (κ1) is 14.9. The zero-order valence-corrected chi connectivity index (χ0v) is 12.0. The number of nitrogens with zero attached hydrogens (tertiary/aromatic N) is 1. The molecule has 108 valence electrons. The number of hydrogen-bond acceptors (Lipinski definition) is 3. The zero-order valence-electron chi connectivity index (χ0n) is 10.4. The molecule has 0 amide bonds. The Balaban J connectivity index is 2.16. The van der Waals surface area contributed by atoms with Crippen molar-refractivity contribution in [2.24, 2.45) is 0 Å². The van der Waals surface area contributed by atoms with Crippen molar-refractivity contribution >= 4 is 32.5 Å². The summed E-state index contributed by atoms with van der Waals surface area (Å²) in [4.78, 5) is 4.14. The average Bonchev–Trinajstić information content (AvgIpc) is 2.35. The van der Waals surface area contributed by atoms with E-state index in [4.69, 9.17) is 10.5 Å². The lowest BCUT2D eigenvalue weighted by molar-refractivity contribution is -0.136. The van der Waals surface area contributed by atoms with Gasteiger partial charge in [-0.05, 0) is 24.6 Å². The summed E-state index contributed by atoms with van der Waals surface area (Å²) in [5, 5.41) is 0.673. The number of pyridine rings is 1. The molecule has 7 heteroatoms. The molecule has 0 fully saturated rings. The normalized spacial score (nSPS) is 11.8. The largest absolute Gasteiger partial charge is 0.491 e. The highest BCUT2D eigenvalue weighted by molar-refractivity contribution is 9.10. The van der Waals surface area contributed by atoms with Crippen molar-refractivity contribution in [3.8, 4) is 5.75 Å². The molecule has 2 rings (SSSR count). The SMILES string of the molecule is Nc1cnc2ccc(Br)cc2c1OCCCC(F)(F)F.